The average Bonchev–Trinajstić information content (AvgIpc) is 2.31. The molecule has 0 spiro atoms. The molecule has 0 aromatic heterocycles. The first-order chi connectivity index (χ1) is 9.64. The quantitative estimate of drug-likeness (QED) is 0.773. The Morgan fingerprint density at radius 2 is 2.00 bits per heavy atom. The third-order valence-electron chi connectivity index (χ3n) is 2.98. The van der Waals surface area contributed by atoms with Gasteiger partial charge in [0.2, 0.25) is 0 Å². The third-order valence-corrected chi connectivity index (χ3v) is 2.98. The van der Waals surface area contributed by atoms with Gasteiger partial charge in [-0.3, -0.25) is 14.5 Å². The second kappa shape index (κ2) is 6.89. The van der Waals surface area contributed by atoms with Crippen molar-refractivity contribution in [2.45, 2.75) is 45.8 Å². The molecule has 0 aromatic rings. The maximum absolute atomic E-state index is 12.0. The zero-order valence-corrected chi connectivity index (χ0v) is 12.9. The molecule has 1 amide bonds. The van der Waals surface area contributed by atoms with E-state index in [0.29, 0.717) is 0 Å². The van der Waals surface area contributed by atoms with Crippen LogP contribution < -0.4 is 0 Å². The number of piperidine rings is 1. The van der Waals surface area contributed by atoms with Crippen molar-refractivity contribution in [1.82, 2.24) is 4.90 Å². The Morgan fingerprint density at radius 3 is 2.48 bits per heavy atom. The Morgan fingerprint density at radius 1 is 1.38 bits per heavy atom. The van der Waals surface area contributed by atoms with Gasteiger partial charge in [0.1, 0.15) is 5.60 Å². The van der Waals surface area contributed by atoms with Crippen molar-refractivity contribution in [2.24, 2.45) is 5.92 Å². The summed E-state index contributed by atoms with van der Waals surface area (Å²) in [5, 5.41) is 10.00. The molecular formula is C14H23NO6. The predicted octanol–water partition coefficient (Wildman–Crippen LogP) is 0.736. The van der Waals surface area contributed by atoms with E-state index in [9.17, 15) is 19.5 Å². The zero-order chi connectivity index (χ0) is 16.2. The SMILES string of the molecule is CCOC(=O)C[C@H]1C(=O)CN(C(=O)OC(C)(C)C)C[C@H]1O. The van der Waals surface area contributed by atoms with Gasteiger partial charge in [-0.15, -0.1) is 0 Å². The first kappa shape index (κ1) is 17.4. The second-order valence-electron chi connectivity index (χ2n) is 6.01. The lowest BCUT2D eigenvalue weighted by atomic mass is 9.90. The van der Waals surface area contributed by atoms with Crippen molar-refractivity contribution in [3.8, 4) is 0 Å². The summed E-state index contributed by atoms with van der Waals surface area (Å²) < 4.78 is 9.93. The van der Waals surface area contributed by atoms with Crippen LogP contribution in [0, 0.1) is 5.92 Å². The van der Waals surface area contributed by atoms with E-state index in [1.54, 1.807) is 27.7 Å². The number of hydrogen-bond acceptors (Lipinski definition) is 6. The van der Waals surface area contributed by atoms with E-state index in [-0.39, 0.29) is 31.9 Å². The second-order valence-corrected chi connectivity index (χ2v) is 6.01. The number of likely N-dealkylation sites (tertiary alicyclic amines) is 1. The Hall–Kier alpha value is -1.63. The number of aliphatic hydroxyl groups is 1. The van der Waals surface area contributed by atoms with Crippen LogP contribution in [0.1, 0.15) is 34.1 Å². The highest BCUT2D eigenvalue weighted by Crippen LogP contribution is 2.21. The normalized spacial score (nSPS) is 22.9. The van der Waals surface area contributed by atoms with Gasteiger partial charge in [-0.2, -0.15) is 0 Å². The number of ketones is 1. The Kier molecular flexibility index (Phi) is 5.71. The van der Waals surface area contributed by atoms with Crippen LogP contribution >= 0.6 is 0 Å². The van der Waals surface area contributed by atoms with Gasteiger partial charge in [0, 0.05) is 0 Å². The molecule has 1 heterocycles. The summed E-state index contributed by atoms with van der Waals surface area (Å²) >= 11 is 0. The van der Waals surface area contributed by atoms with Crippen LogP contribution in [0.15, 0.2) is 0 Å². The molecule has 1 saturated heterocycles. The highest BCUT2D eigenvalue weighted by atomic mass is 16.6. The molecule has 1 aliphatic heterocycles. The minimum Gasteiger partial charge on any atom is -0.466 e. The van der Waals surface area contributed by atoms with Crippen LogP contribution in [0.2, 0.25) is 0 Å². The number of ether oxygens (including phenoxy) is 2. The minimum absolute atomic E-state index is 0.0370. The Bertz CT molecular complexity index is 414. The largest absolute Gasteiger partial charge is 0.466 e. The molecule has 21 heavy (non-hydrogen) atoms. The van der Waals surface area contributed by atoms with Crippen LogP contribution in [0.4, 0.5) is 4.79 Å². The summed E-state index contributed by atoms with van der Waals surface area (Å²) in [6.07, 6.45) is -1.91. The van der Waals surface area contributed by atoms with Gasteiger partial charge < -0.3 is 14.6 Å². The number of β-amino-alcohol motifs (C(OH)–C–C–N with tert-alkyl or cyclic N) is 1. The number of amides is 1. The number of carbonyl (C=O) groups is 3. The summed E-state index contributed by atoms with van der Waals surface area (Å²) in [7, 11) is 0. The number of nitrogens with zero attached hydrogens (tertiary/aromatic N) is 1. The van der Waals surface area contributed by atoms with Crippen LogP contribution in [0.25, 0.3) is 0 Å². The highest BCUT2D eigenvalue weighted by Gasteiger charge is 2.39. The van der Waals surface area contributed by atoms with Crippen LogP contribution in [0.3, 0.4) is 0 Å². The summed E-state index contributed by atoms with van der Waals surface area (Å²) in [5.41, 5.74) is -0.674. The molecule has 7 heteroatoms. The molecule has 7 nitrogen and oxygen atoms in total. The van der Waals surface area contributed by atoms with Gasteiger partial charge in [-0.25, -0.2) is 4.79 Å². The zero-order valence-electron chi connectivity index (χ0n) is 12.9. The van der Waals surface area contributed by atoms with Crippen molar-refractivity contribution >= 4 is 17.8 Å². The third kappa shape index (κ3) is 5.34. The van der Waals surface area contributed by atoms with Crippen molar-refractivity contribution in [2.75, 3.05) is 19.7 Å². The van der Waals surface area contributed by atoms with E-state index in [1.807, 2.05) is 0 Å². The average molecular weight is 301 g/mol. The molecule has 0 radical (unpaired) electrons. The smallest absolute Gasteiger partial charge is 0.410 e. The fraction of sp³-hybridized carbons (Fsp3) is 0.786. The molecule has 0 saturated carbocycles. The van der Waals surface area contributed by atoms with Crippen molar-refractivity contribution in [3.05, 3.63) is 0 Å². The van der Waals surface area contributed by atoms with Crippen LogP contribution in [0.5, 0.6) is 0 Å². The number of esters is 1. The van der Waals surface area contributed by atoms with E-state index >= 15 is 0 Å². The number of Topliss-reactive ketones (excluding diaryl/α,β-unsaturated/α-hetero) is 1. The lowest BCUT2D eigenvalue weighted by Crippen LogP contribution is -2.53. The minimum atomic E-state index is -1.09. The van der Waals surface area contributed by atoms with Crippen molar-refractivity contribution < 1.29 is 29.0 Å². The summed E-state index contributed by atoms with van der Waals surface area (Å²) in [4.78, 5) is 36.5. The molecular weight excluding hydrogens is 278 g/mol. The molecule has 1 aliphatic rings. The van der Waals surface area contributed by atoms with Gasteiger partial charge >= 0.3 is 12.1 Å². The lowest BCUT2D eigenvalue weighted by Gasteiger charge is -2.35. The molecule has 0 aromatic carbocycles. The fourth-order valence-electron chi connectivity index (χ4n) is 2.05. The lowest BCUT2D eigenvalue weighted by molar-refractivity contribution is -0.150. The number of aliphatic hydroxyl groups excluding tert-OH is 1. The van der Waals surface area contributed by atoms with Gasteiger partial charge in [0.05, 0.1) is 38.1 Å². The maximum atomic E-state index is 12.0. The number of rotatable bonds is 3. The molecule has 1 fully saturated rings. The molecule has 2 atom stereocenters. The molecule has 1 N–H and O–H groups in total. The molecule has 0 unspecified atom stereocenters. The molecule has 0 bridgehead atoms. The van der Waals surface area contributed by atoms with Crippen molar-refractivity contribution in [1.29, 1.82) is 0 Å². The van der Waals surface area contributed by atoms with Gasteiger partial charge in [-0.05, 0) is 27.7 Å². The van der Waals surface area contributed by atoms with Crippen molar-refractivity contribution in [3.63, 3.8) is 0 Å². The van der Waals surface area contributed by atoms with E-state index in [2.05, 4.69) is 0 Å². The van der Waals surface area contributed by atoms with E-state index in [4.69, 9.17) is 9.47 Å². The first-order valence-corrected chi connectivity index (χ1v) is 6.98. The first-order valence-electron chi connectivity index (χ1n) is 6.98. The van der Waals surface area contributed by atoms with Gasteiger partial charge in [-0.1, -0.05) is 0 Å². The Balaban J connectivity index is 2.63. The highest BCUT2D eigenvalue weighted by molar-refractivity contribution is 5.90. The summed E-state index contributed by atoms with van der Waals surface area (Å²) in [5.74, 6) is -1.73. The topological polar surface area (TPSA) is 93.1 Å². The summed E-state index contributed by atoms with van der Waals surface area (Å²) in [6.45, 7) is 6.84. The van der Waals surface area contributed by atoms with E-state index in [1.165, 1.54) is 0 Å². The van der Waals surface area contributed by atoms with Crippen LogP contribution in [-0.4, -0.2) is 59.3 Å². The monoisotopic (exact) mass is 301 g/mol. The predicted molar refractivity (Wildman–Crippen MR) is 73.6 cm³/mol. The van der Waals surface area contributed by atoms with Crippen LogP contribution in [-0.2, 0) is 19.1 Å². The fourth-order valence-corrected chi connectivity index (χ4v) is 2.05. The van der Waals surface area contributed by atoms with E-state index < -0.39 is 29.7 Å². The number of carbonyl (C=O) groups excluding carboxylic acids is 3. The molecule has 120 valence electrons. The molecule has 0 aliphatic carbocycles. The van der Waals surface area contributed by atoms with Gasteiger partial charge in [0.15, 0.2) is 5.78 Å². The van der Waals surface area contributed by atoms with E-state index in [0.717, 1.165) is 4.90 Å². The summed E-state index contributed by atoms with van der Waals surface area (Å²) in [6, 6.07) is 0. The number of hydrogen-bond donors (Lipinski definition) is 1. The Labute approximate surface area is 124 Å². The maximum Gasteiger partial charge on any atom is 0.410 e. The van der Waals surface area contributed by atoms with Gasteiger partial charge in [0.25, 0.3) is 0 Å². The standard InChI is InChI=1S/C14H23NO6/c1-5-20-12(18)6-9-10(16)7-15(8-11(9)17)13(19)21-14(2,3)4/h9-10,16H,5-8H2,1-4H3/t9-,10-/m1/s1. The molecule has 1 rings (SSSR count).